The Balaban J connectivity index is 4.71. The summed E-state index contributed by atoms with van der Waals surface area (Å²) in [5.41, 5.74) is 10.3. The molecule has 0 rings (SSSR count). The summed E-state index contributed by atoms with van der Waals surface area (Å²) in [7, 11) is 0. The lowest BCUT2D eigenvalue weighted by molar-refractivity contribution is -0.112. The van der Waals surface area contributed by atoms with Crippen LogP contribution in [0.3, 0.4) is 0 Å². The van der Waals surface area contributed by atoms with E-state index in [1.165, 1.54) is 0 Å². The molecule has 0 aromatic heterocycles. The van der Waals surface area contributed by atoms with Gasteiger partial charge in [0.1, 0.15) is 12.2 Å². The molecule has 0 aliphatic carbocycles. The van der Waals surface area contributed by atoms with Gasteiger partial charge < -0.3 is 21.1 Å². The quantitative estimate of drug-likeness (QED) is 0.378. The van der Waals surface area contributed by atoms with E-state index >= 15 is 0 Å². The molecule has 7 nitrogen and oxygen atoms in total. The monoisotopic (exact) mass is 230 g/mol. The fourth-order valence-electron chi connectivity index (χ4n) is 0.582. The first kappa shape index (κ1) is 14.2. The van der Waals surface area contributed by atoms with Gasteiger partial charge in [0.25, 0.3) is 5.91 Å². The standard InChI is InChI=1S/C9H18N4O3/c1-5(2)15-12-7(9(11)14)8(10)13-16-6(3)4/h5-6H,1-4H3,(H2,10,13)(H2,11,14). The van der Waals surface area contributed by atoms with Gasteiger partial charge in [-0.3, -0.25) is 4.79 Å². The van der Waals surface area contributed by atoms with Crippen LogP contribution in [0.2, 0.25) is 0 Å². The Morgan fingerprint density at radius 3 is 1.81 bits per heavy atom. The van der Waals surface area contributed by atoms with E-state index in [1.54, 1.807) is 27.7 Å². The molecule has 0 atom stereocenters. The Bertz CT molecular complexity index is 297. The molecule has 0 unspecified atom stereocenters. The van der Waals surface area contributed by atoms with Crippen LogP contribution in [0.4, 0.5) is 0 Å². The highest BCUT2D eigenvalue weighted by molar-refractivity contribution is 6.65. The normalized spacial score (nSPS) is 13.1. The topological polar surface area (TPSA) is 112 Å². The minimum atomic E-state index is -0.825. The number of amidine groups is 1. The summed E-state index contributed by atoms with van der Waals surface area (Å²) in [4.78, 5) is 20.7. The SMILES string of the molecule is CC(C)ON=C(N)C(=NOC(C)C)C(N)=O. The molecule has 0 radical (unpaired) electrons. The fourth-order valence-corrected chi connectivity index (χ4v) is 0.582. The minimum Gasteiger partial charge on any atom is -0.392 e. The molecule has 0 aliphatic heterocycles. The van der Waals surface area contributed by atoms with Crippen molar-refractivity contribution in [1.82, 2.24) is 0 Å². The Morgan fingerprint density at radius 1 is 1.00 bits per heavy atom. The number of hydrogen-bond acceptors (Lipinski definition) is 5. The first-order chi connectivity index (χ1) is 7.34. The minimum absolute atomic E-state index is 0.154. The summed E-state index contributed by atoms with van der Waals surface area (Å²) in [6.45, 7) is 7.03. The lowest BCUT2D eigenvalue weighted by Crippen LogP contribution is -2.36. The smallest absolute Gasteiger partial charge is 0.274 e. The summed E-state index contributed by atoms with van der Waals surface area (Å²) >= 11 is 0. The van der Waals surface area contributed by atoms with Gasteiger partial charge in [0, 0.05) is 0 Å². The molecular weight excluding hydrogens is 212 g/mol. The third-order valence-corrected chi connectivity index (χ3v) is 1.19. The molecule has 4 N–H and O–H groups in total. The molecule has 7 heteroatoms. The summed E-state index contributed by atoms with van der Waals surface area (Å²) in [5.74, 6) is -1.03. The third kappa shape index (κ3) is 5.84. The second kappa shape index (κ2) is 6.65. The van der Waals surface area contributed by atoms with E-state index < -0.39 is 5.91 Å². The molecule has 0 saturated carbocycles. The van der Waals surface area contributed by atoms with Crippen molar-refractivity contribution in [2.75, 3.05) is 0 Å². The number of rotatable bonds is 6. The maximum atomic E-state index is 11.0. The largest absolute Gasteiger partial charge is 0.392 e. The van der Waals surface area contributed by atoms with Crippen LogP contribution >= 0.6 is 0 Å². The average Bonchev–Trinajstić information content (AvgIpc) is 2.13. The predicted octanol–water partition coefficient (Wildman–Crippen LogP) is -0.0501. The number of nitrogens with zero attached hydrogens (tertiary/aromatic N) is 2. The van der Waals surface area contributed by atoms with E-state index in [0.29, 0.717) is 0 Å². The van der Waals surface area contributed by atoms with Crippen LogP contribution in [0, 0.1) is 0 Å². The van der Waals surface area contributed by atoms with Gasteiger partial charge >= 0.3 is 0 Å². The van der Waals surface area contributed by atoms with E-state index in [9.17, 15) is 4.79 Å². The second-order valence-electron chi connectivity index (χ2n) is 3.59. The molecule has 1 amide bonds. The van der Waals surface area contributed by atoms with Crippen LogP contribution in [0.15, 0.2) is 10.3 Å². The van der Waals surface area contributed by atoms with Crippen LogP contribution in [-0.4, -0.2) is 29.7 Å². The lowest BCUT2D eigenvalue weighted by Gasteiger charge is -2.06. The Morgan fingerprint density at radius 2 is 1.44 bits per heavy atom. The maximum Gasteiger partial charge on any atom is 0.274 e. The van der Waals surface area contributed by atoms with Gasteiger partial charge in [-0.25, -0.2) is 0 Å². The van der Waals surface area contributed by atoms with Crippen LogP contribution in [0.1, 0.15) is 27.7 Å². The van der Waals surface area contributed by atoms with Gasteiger partial charge in [0.15, 0.2) is 5.84 Å². The number of carbonyl (C=O) groups excluding carboxylic acids is 1. The zero-order valence-corrected chi connectivity index (χ0v) is 9.93. The first-order valence-corrected chi connectivity index (χ1v) is 4.87. The number of amides is 1. The Hall–Kier alpha value is -1.79. The zero-order chi connectivity index (χ0) is 12.7. The van der Waals surface area contributed by atoms with Crippen molar-refractivity contribution in [3.05, 3.63) is 0 Å². The van der Waals surface area contributed by atoms with E-state index in [2.05, 4.69) is 10.3 Å². The van der Waals surface area contributed by atoms with Crippen LogP contribution < -0.4 is 11.5 Å². The number of oxime groups is 2. The van der Waals surface area contributed by atoms with Gasteiger partial charge in [-0.2, -0.15) is 0 Å². The molecule has 0 spiro atoms. The van der Waals surface area contributed by atoms with Crippen molar-refractivity contribution in [3.63, 3.8) is 0 Å². The van der Waals surface area contributed by atoms with Gasteiger partial charge in [-0.1, -0.05) is 10.3 Å². The van der Waals surface area contributed by atoms with Gasteiger partial charge in [0.2, 0.25) is 5.71 Å². The summed E-state index contributed by atoms with van der Waals surface area (Å²) < 4.78 is 0. The van der Waals surface area contributed by atoms with Crippen LogP contribution in [0.5, 0.6) is 0 Å². The highest BCUT2D eigenvalue weighted by Crippen LogP contribution is 1.93. The second-order valence-corrected chi connectivity index (χ2v) is 3.59. The van der Waals surface area contributed by atoms with Crippen molar-refractivity contribution in [2.24, 2.45) is 21.8 Å². The van der Waals surface area contributed by atoms with E-state index in [0.717, 1.165) is 0 Å². The first-order valence-electron chi connectivity index (χ1n) is 4.87. The maximum absolute atomic E-state index is 11.0. The van der Waals surface area contributed by atoms with E-state index in [1.807, 2.05) is 0 Å². The molecule has 0 fully saturated rings. The third-order valence-electron chi connectivity index (χ3n) is 1.19. The number of primary amides is 1. The van der Waals surface area contributed by atoms with Crippen LogP contribution in [-0.2, 0) is 14.5 Å². The summed E-state index contributed by atoms with van der Waals surface area (Å²) in [6, 6.07) is 0. The summed E-state index contributed by atoms with van der Waals surface area (Å²) in [6.07, 6.45) is -0.341. The highest BCUT2D eigenvalue weighted by atomic mass is 16.6. The lowest BCUT2D eigenvalue weighted by atomic mass is 10.3. The Labute approximate surface area is 94.4 Å². The van der Waals surface area contributed by atoms with Gasteiger partial charge in [-0.15, -0.1) is 0 Å². The molecule has 16 heavy (non-hydrogen) atoms. The Kier molecular flexibility index (Phi) is 5.91. The zero-order valence-electron chi connectivity index (χ0n) is 9.93. The van der Waals surface area contributed by atoms with Gasteiger partial charge in [0.05, 0.1) is 0 Å². The van der Waals surface area contributed by atoms with Crippen molar-refractivity contribution in [1.29, 1.82) is 0 Å². The number of carbonyl (C=O) groups is 1. The van der Waals surface area contributed by atoms with Gasteiger partial charge in [-0.05, 0) is 27.7 Å². The molecule has 0 bridgehead atoms. The van der Waals surface area contributed by atoms with Crippen molar-refractivity contribution < 1.29 is 14.5 Å². The summed E-state index contributed by atoms with van der Waals surface area (Å²) in [5, 5.41) is 7.01. The molecule has 0 aliphatic rings. The molecule has 0 saturated heterocycles. The van der Waals surface area contributed by atoms with Crippen molar-refractivity contribution in [3.8, 4) is 0 Å². The number of hydrogen-bond donors (Lipinski definition) is 2. The average molecular weight is 230 g/mol. The van der Waals surface area contributed by atoms with E-state index in [-0.39, 0.29) is 23.8 Å². The predicted molar refractivity (Wildman–Crippen MR) is 60.7 cm³/mol. The molecule has 0 heterocycles. The highest BCUT2D eigenvalue weighted by Gasteiger charge is 2.14. The fraction of sp³-hybridized carbons (Fsp3) is 0.667. The van der Waals surface area contributed by atoms with E-state index in [4.69, 9.17) is 21.1 Å². The van der Waals surface area contributed by atoms with Crippen molar-refractivity contribution >= 4 is 17.5 Å². The number of nitrogens with two attached hydrogens (primary N) is 2. The van der Waals surface area contributed by atoms with Crippen LogP contribution in [0.25, 0.3) is 0 Å². The molecular formula is C9H18N4O3. The van der Waals surface area contributed by atoms with Crippen molar-refractivity contribution in [2.45, 2.75) is 39.9 Å². The molecule has 0 aromatic carbocycles. The molecule has 92 valence electrons. The molecule has 0 aromatic rings.